The molecule has 1 aromatic rings. The number of nitrogens with one attached hydrogen (secondary N) is 1. The number of benzene rings is 1. The fourth-order valence-electron chi connectivity index (χ4n) is 2.92. The maximum atomic E-state index is 12.1. The van der Waals surface area contributed by atoms with Crippen LogP contribution in [-0.2, 0) is 4.79 Å². The SMILES string of the molecule is C=C/C=C(\C=C)CN1CCC(Nc2ccccc2)(C(N)=O)CC1. The Kier molecular flexibility index (Phi) is 5.77. The summed E-state index contributed by atoms with van der Waals surface area (Å²) in [5, 5.41) is 3.35. The number of nitrogens with two attached hydrogens (primary N) is 1. The lowest BCUT2D eigenvalue weighted by molar-refractivity contribution is -0.123. The van der Waals surface area contributed by atoms with Crippen molar-refractivity contribution in [2.24, 2.45) is 5.73 Å². The van der Waals surface area contributed by atoms with Gasteiger partial charge >= 0.3 is 0 Å². The summed E-state index contributed by atoms with van der Waals surface area (Å²) in [4.78, 5) is 14.4. The Hall–Kier alpha value is -2.33. The average Bonchev–Trinajstić information content (AvgIpc) is 2.57. The fourth-order valence-corrected chi connectivity index (χ4v) is 2.92. The number of hydrogen-bond acceptors (Lipinski definition) is 3. The molecule has 3 N–H and O–H groups in total. The number of hydrogen-bond donors (Lipinski definition) is 2. The first-order chi connectivity index (χ1) is 11.1. The number of nitrogens with zero attached hydrogens (tertiary/aromatic N) is 1. The van der Waals surface area contributed by atoms with E-state index in [2.05, 4.69) is 23.4 Å². The monoisotopic (exact) mass is 311 g/mol. The van der Waals surface area contributed by atoms with Crippen LogP contribution >= 0.6 is 0 Å². The van der Waals surface area contributed by atoms with E-state index in [1.54, 1.807) is 6.08 Å². The third-order valence-electron chi connectivity index (χ3n) is 4.34. The number of carbonyl (C=O) groups is 1. The quantitative estimate of drug-likeness (QED) is 0.761. The second kappa shape index (κ2) is 7.79. The van der Waals surface area contributed by atoms with Gasteiger partial charge in [-0.2, -0.15) is 0 Å². The molecule has 0 spiro atoms. The van der Waals surface area contributed by atoms with E-state index in [4.69, 9.17) is 5.73 Å². The van der Waals surface area contributed by atoms with Crippen molar-refractivity contribution in [3.05, 3.63) is 67.3 Å². The molecule has 1 saturated heterocycles. The van der Waals surface area contributed by atoms with E-state index in [1.807, 2.05) is 42.5 Å². The van der Waals surface area contributed by atoms with Gasteiger partial charge < -0.3 is 11.1 Å². The molecule has 0 bridgehead atoms. The fraction of sp³-hybridized carbons (Fsp3) is 0.316. The molecular weight excluding hydrogens is 286 g/mol. The van der Waals surface area contributed by atoms with Crippen molar-refractivity contribution in [3.63, 3.8) is 0 Å². The number of piperidine rings is 1. The van der Waals surface area contributed by atoms with Gasteiger partial charge in [-0.05, 0) is 30.5 Å². The number of rotatable bonds is 7. The van der Waals surface area contributed by atoms with E-state index in [0.717, 1.165) is 30.9 Å². The zero-order chi connectivity index (χ0) is 16.7. The Balaban J connectivity index is 2.03. The highest BCUT2D eigenvalue weighted by atomic mass is 16.1. The summed E-state index contributed by atoms with van der Waals surface area (Å²) in [6.07, 6.45) is 6.96. The minimum Gasteiger partial charge on any atom is -0.371 e. The predicted molar refractivity (Wildman–Crippen MR) is 96.1 cm³/mol. The van der Waals surface area contributed by atoms with Crippen molar-refractivity contribution >= 4 is 11.6 Å². The van der Waals surface area contributed by atoms with Crippen LogP contribution in [0.4, 0.5) is 5.69 Å². The van der Waals surface area contributed by atoms with Gasteiger partial charge in [-0.1, -0.05) is 49.6 Å². The van der Waals surface area contributed by atoms with Gasteiger partial charge in [-0.15, -0.1) is 0 Å². The molecule has 0 atom stereocenters. The number of para-hydroxylation sites is 1. The summed E-state index contributed by atoms with van der Waals surface area (Å²) in [6.45, 7) is 9.99. The first kappa shape index (κ1) is 17.0. The summed E-state index contributed by atoms with van der Waals surface area (Å²) in [5.41, 5.74) is 7.09. The van der Waals surface area contributed by atoms with Gasteiger partial charge in [0.25, 0.3) is 0 Å². The van der Waals surface area contributed by atoms with E-state index in [1.165, 1.54) is 0 Å². The normalized spacial score (nSPS) is 18.2. The zero-order valence-electron chi connectivity index (χ0n) is 13.5. The van der Waals surface area contributed by atoms with Crippen LogP contribution in [0.15, 0.2) is 67.3 Å². The molecule has 4 heteroatoms. The van der Waals surface area contributed by atoms with Crippen molar-refractivity contribution in [2.75, 3.05) is 25.0 Å². The summed E-state index contributed by atoms with van der Waals surface area (Å²) in [7, 11) is 0. The van der Waals surface area contributed by atoms with Crippen LogP contribution in [0.25, 0.3) is 0 Å². The van der Waals surface area contributed by atoms with Crippen LogP contribution in [0, 0.1) is 0 Å². The second-order valence-corrected chi connectivity index (χ2v) is 5.89. The molecule has 0 unspecified atom stereocenters. The van der Waals surface area contributed by atoms with Crippen molar-refractivity contribution in [1.82, 2.24) is 4.90 Å². The molecule has 1 aliphatic heterocycles. The molecule has 0 saturated carbocycles. The molecule has 4 nitrogen and oxygen atoms in total. The molecule has 0 aromatic heterocycles. The molecule has 1 heterocycles. The Morgan fingerprint density at radius 2 is 1.91 bits per heavy atom. The standard InChI is InChI=1S/C19H25N3O/c1-3-8-16(4-2)15-22-13-11-19(12-14-22,18(20)23)21-17-9-6-5-7-10-17/h3-10,21H,1-2,11-15H2,(H2,20,23)/b16-8+. The third kappa shape index (κ3) is 4.33. The summed E-state index contributed by atoms with van der Waals surface area (Å²) >= 11 is 0. The van der Waals surface area contributed by atoms with E-state index >= 15 is 0 Å². The first-order valence-corrected chi connectivity index (χ1v) is 7.89. The van der Waals surface area contributed by atoms with Crippen LogP contribution in [0.3, 0.4) is 0 Å². The number of carbonyl (C=O) groups excluding carboxylic acids is 1. The lowest BCUT2D eigenvalue weighted by atomic mass is 9.86. The Labute approximate surface area is 138 Å². The molecule has 23 heavy (non-hydrogen) atoms. The van der Waals surface area contributed by atoms with Gasteiger partial charge in [-0.3, -0.25) is 9.69 Å². The van der Waals surface area contributed by atoms with E-state index in [0.29, 0.717) is 12.8 Å². The zero-order valence-corrected chi connectivity index (χ0v) is 13.5. The molecule has 2 rings (SSSR count). The summed E-state index contributed by atoms with van der Waals surface area (Å²) < 4.78 is 0. The Morgan fingerprint density at radius 1 is 1.26 bits per heavy atom. The molecule has 0 aliphatic carbocycles. The Morgan fingerprint density at radius 3 is 2.43 bits per heavy atom. The number of primary amides is 1. The van der Waals surface area contributed by atoms with E-state index in [-0.39, 0.29) is 5.91 Å². The second-order valence-electron chi connectivity index (χ2n) is 5.89. The van der Waals surface area contributed by atoms with Gasteiger partial charge in [-0.25, -0.2) is 0 Å². The number of likely N-dealkylation sites (tertiary alicyclic amines) is 1. The minimum atomic E-state index is -0.672. The first-order valence-electron chi connectivity index (χ1n) is 7.89. The van der Waals surface area contributed by atoms with Crippen molar-refractivity contribution in [2.45, 2.75) is 18.4 Å². The van der Waals surface area contributed by atoms with Crippen LogP contribution in [0.2, 0.25) is 0 Å². The maximum Gasteiger partial charge on any atom is 0.243 e. The molecule has 122 valence electrons. The summed E-state index contributed by atoms with van der Waals surface area (Å²) in [6, 6.07) is 9.76. The molecule has 1 aromatic carbocycles. The van der Waals surface area contributed by atoms with Crippen molar-refractivity contribution < 1.29 is 4.79 Å². The van der Waals surface area contributed by atoms with E-state index < -0.39 is 5.54 Å². The van der Waals surface area contributed by atoms with Crippen LogP contribution in [-0.4, -0.2) is 36.0 Å². The van der Waals surface area contributed by atoms with Gasteiger partial charge in [0.1, 0.15) is 5.54 Å². The topological polar surface area (TPSA) is 58.4 Å². The van der Waals surface area contributed by atoms with E-state index in [9.17, 15) is 4.79 Å². The van der Waals surface area contributed by atoms with Gasteiger partial charge in [0, 0.05) is 25.3 Å². The highest BCUT2D eigenvalue weighted by Gasteiger charge is 2.39. The third-order valence-corrected chi connectivity index (χ3v) is 4.34. The maximum absolute atomic E-state index is 12.1. The van der Waals surface area contributed by atoms with Gasteiger partial charge in [0.15, 0.2) is 0 Å². The summed E-state index contributed by atoms with van der Waals surface area (Å²) in [5.74, 6) is -0.286. The van der Waals surface area contributed by atoms with Crippen LogP contribution < -0.4 is 11.1 Å². The van der Waals surface area contributed by atoms with Gasteiger partial charge in [0.05, 0.1) is 0 Å². The molecule has 1 fully saturated rings. The average molecular weight is 311 g/mol. The smallest absolute Gasteiger partial charge is 0.243 e. The molecular formula is C19H25N3O. The highest BCUT2D eigenvalue weighted by molar-refractivity contribution is 5.88. The predicted octanol–water partition coefficient (Wildman–Crippen LogP) is 2.72. The molecule has 1 amide bonds. The lowest BCUT2D eigenvalue weighted by Crippen LogP contribution is -2.57. The number of anilines is 1. The van der Waals surface area contributed by atoms with Gasteiger partial charge in [0.2, 0.25) is 5.91 Å². The largest absolute Gasteiger partial charge is 0.371 e. The number of amides is 1. The molecule has 0 radical (unpaired) electrons. The highest BCUT2D eigenvalue weighted by Crippen LogP contribution is 2.27. The lowest BCUT2D eigenvalue weighted by Gasteiger charge is -2.41. The van der Waals surface area contributed by atoms with Crippen LogP contribution in [0.1, 0.15) is 12.8 Å². The Bertz CT molecular complexity index is 584. The minimum absolute atomic E-state index is 0.286. The molecule has 1 aliphatic rings. The van der Waals surface area contributed by atoms with Crippen LogP contribution in [0.5, 0.6) is 0 Å². The van der Waals surface area contributed by atoms with Crippen molar-refractivity contribution in [1.29, 1.82) is 0 Å². The number of allylic oxidation sites excluding steroid dienone is 2. The van der Waals surface area contributed by atoms with Crippen molar-refractivity contribution in [3.8, 4) is 0 Å².